The number of hydrogen-bond donors (Lipinski definition) is 4. The average molecular weight is 392 g/mol. The number of benzene rings is 1. The van der Waals surface area contributed by atoms with Gasteiger partial charge >= 0.3 is 16.2 Å². The van der Waals surface area contributed by atoms with Crippen LogP contribution in [0.25, 0.3) is 11.1 Å². The van der Waals surface area contributed by atoms with Gasteiger partial charge in [0, 0.05) is 29.9 Å². The molecule has 1 amide bonds. The van der Waals surface area contributed by atoms with Crippen molar-refractivity contribution in [3.8, 4) is 11.1 Å². The van der Waals surface area contributed by atoms with Gasteiger partial charge in [0.05, 0.1) is 0 Å². The molecule has 1 aromatic carbocycles. The lowest BCUT2D eigenvalue weighted by Gasteiger charge is -2.16. The number of hydrogen-bond acceptors (Lipinski definition) is 5. The van der Waals surface area contributed by atoms with E-state index in [1.165, 1.54) is 6.07 Å². The maximum absolute atomic E-state index is 12.4. The minimum Gasteiger partial charge on any atom is -0.477 e. The lowest BCUT2D eigenvalue weighted by atomic mass is 10.0. The molecular weight excluding hydrogens is 372 g/mol. The Kier molecular flexibility index (Phi) is 5.05. The van der Waals surface area contributed by atoms with Crippen LogP contribution in [0.4, 0.5) is 0 Å². The Bertz CT molecular complexity index is 981. The van der Waals surface area contributed by atoms with Crippen molar-refractivity contribution < 1.29 is 23.1 Å². The molecule has 0 aliphatic carbocycles. The minimum absolute atomic E-state index is 0.0552. The van der Waals surface area contributed by atoms with Gasteiger partial charge in [-0.15, -0.1) is 0 Å². The molecule has 1 aliphatic heterocycles. The first kappa shape index (κ1) is 19.1. The van der Waals surface area contributed by atoms with Crippen molar-refractivity contribution in [2.24, 2.45) is 11.1 Å². The number of nitrogens with one attached hydrogen (secondary N) is 2. The number of rotatable bonds is 5. The molecule has 1 fully saturated rings. The molecule has 27 heavy (non-hydrogen) atoms. The van der Waals surface area contributed by atoms with Gasteiger partial charge in [0.1, 0.15) is 0 Å². The molecule has 0 bridgehead atoms. The van der Waals surface area contributed by atoms with E-state index in [1.54, 1.807) is 24.3 Å². The Hall–Kier alpha value is -2.69. The molecule has 2 atom stereocenters. The fraction of sp³-hybridized carbons (Fsp3) is 0.294. The van der Waals surface area contributed by atoms with Crippen LogP contribution in [0.3, 0.4) is 0 Å². The van der Waals surface area contributed by atoms with E-state index in [-0.39, 0.29) is 17.5 Å². The van der Waals surface area contributed by atoms with E-state index in [0.717, 1.165) is 12.7 Å². The van der Waals surface area contributed by atoms with Crippen molar-refractivity contribution in [1.82, 2.24) is 14.6 Å². The molecular formula is C17H20N4O5S. The van der Waals surface area contributed by atoms with E-state index in [0.29, 0.717) is 27.6 Å². The van der Waals surface area contributed by atoms with Gasteiger partial charge in [-0.25, -0.2) is 13.9 Å². The van der Waals surface area contributed by atoms with Crippen LogP contribution < -0.4 is 15.8 Å². The van der Waals surface area contributed by atoms with Crippen LogP contribution in [0.1, 0.15) is 27.8 Å². The molecule has 0 radical (unpaired) electrons. The van der Waals surface area contributed by atoms with Gasteiger partial charge in [0.25, 0.3) is 5.91 Å². The van der Waals surface area contributed by atoms with Crippen molar-refractivity contribution in [2.45, 2.75) is 13.0 Å². The van der Waals surface area contributed by atoms with Gasteiger partial charge in [-0.1, -0.05) is 19.1 Å². The largest absolute Gasteiger partial charge is 0.477 e. The third kappa shape index (κ3) is 3.87. The zero-order valence-electron chi connectivity index (χ0n) is 14.5. The smallest absolute Gasteiger partial charge is 0.354 e. The Morgan fingerprint density at radius 3 is 2.41 bits per heavy atom. The summed E-state index contributed by atoms with van der Waals surface area (Å²) in [6.45, 7) is 3.62. The number of aromatic carboxylic acids is 1. The van der Waals surface area contributed by atoms with Crippen LogP contribution in [0.15, 0.2) is 36.5 Å². The van der Waals surface area contributed by atoms with Crippen molar-refractivity contribution in [3.63, 3.8) is 0 Å². The summed E-state index contributed by atoms with van der Waals surface area (Å²) >= 11 is 0. The number of carboxylic acids is 1. The number of carbonyl (C=O) groups is 2. The van der Waals surface area contributed by atoms with Crippen molar-refractivity contribution in [1.29, 1.82) is 0 Å². The number of carbonyl (C=O) groups excluding carboxylic acids is 1. The molecule has 1 aliphatic rings. The number of carboxylic acid groups (broad SMARTS) is 1. The van der Waals surface area contributed by atoms with Gasteiger partial charge in [0.2, 0.25) is 0 Å². The Labute approximate surface area is 156 Å². The fourth-order valence-corrected chi connectivity index (χ4v) is 3.79. The minimum atomic E-state index is -4.24. The highest BCUT2D eigenvalue weighted by molar-refractivity contribution is 7.87. The van der Waals surface area contributed by atoms with Crippen molar-refractivity contribution in [2.75, 3.05) is 13.1 Å². The van der Waals surface area contributed by atoms with Crippen LogP contribution in [-0.4, -0.2) is 48.5 Å². The molecule has 2 aromatic rings. The van der Waals surface area contributed by atoms with E-state index in [4.69, 9.17) is 5.14 Å². The number of nitrogens with zero attached hydrogens (tertiary/aromatic N) is 1. The standard InChI is InChI=1S/C17H20N4O5S/c1-10-8-19-9-14(10)20-16(22)12-4-2-11(3-5-12)13-6-7-21(27(18,25)26)15(13)17(23)24/h2-7,10,14,19H,8-9H2,1H3,(H,20,22)(H,23,24)(H2,18,25,26). The molecule has 144 valence electrons. The van der Waals surface area contributed by atoms with E-state index in [9.17, 15) is 23.1 Å². The van der Waals surface area contributed by atoms with Crippen LogP contribution in [0.5, 0.6) is 0 Å². The van der Waals surface area contributed by atoms with Gasteiger partial charge in [0.15, 0.2) is 5.69 Å². The second-order valence-corrected chi connectivity index (χ2v) is 7.94. The predicted octanol–water partition coefficient (Wildman–Crippen LogP) is 0.243. The monoisotopic (exact) mass is 392 g/mol. The highest BCUT2D eigenvalue weighted by Crippen LogP contribution is 2.26. The van der Waals surface area contributed by atoms with Crippen molar-refractivity contribution in [3.05, 3.63) is 47.8 Å². The highest BCUT2D eigenvalue weighted by Gasteiger charge is 2.25. The van der Waals surface area contributed by atoms with Crippen molar-refractivity contribution >= 4 is 22.1 Å². The first-order valence-electron chi connectivity index (χ1n) is 8.28. The molecule has 9 nitrogen and oxygen atoms in total. The molecule has 10 heteroatoms. The van der Waals surface area contributed by atoms with Crippen LogP contribution in [-0.2, 0) is 10.2 Å². The Balaban J connectivity index is 1.87. The number of aromatic nitrogens is 1. The highest BCUT2D eigenvalue weighted by atomic mass is 32.2. The Morgan fingerprint density at radius 1 is 1.22 bits per heavy atom. The quantitative estimate of drug-likeness (QED) is 0.574. The Morgan fingerprint density at radius 2 is 1.89 bits per heavy atom. The van der Waals surface area contributed by atoms with Crippen LogP contribution in [0, 0.1) is 5.92 Å². The summed E-state index contributed by atoms with van der Waals surface area (Å²) in [7, 11) is -4.24. The van der Waals surface area contributed by atoms with Crippen LogP contribution >= 0.6 is 0 Å². The second-order valence-electron chi connectivity index (χ2n) is 6.52. The molecule has 1 saturated heterocycles. The fourth-order valence-electron chi connectivity index (χ4n) is 3.13. The topological polar surface area (TPSA) is 144 Å². The molecule has 5 N–H and O–H groups in total. The van der Waals surface area contributed by atoms with Gasteiger partial charge in [-0.2, -0.15) is 8.42 Å². The number of nitrogens with two attached hydrogens (primary N) is 1. The molecule has 0 spiro atoms. The lowest BCUT2D eigenvalue weighted by Crippen LogP contribution is -2.39. The zero-order valence-corrected chi connectivity index (χ0v) is 15.4. The van der Waals surface area contributed by atoms with Gasteiger partial charge in [-0.05, 0) is 36.2 Å². The summed E-state index contributed by atoms with van der Waals surface area (Å²) in [5, 5.41) is 20.6. The van der Waals surface area contributed by atoms with Crippen LogP contribution in [0.2, 0.25) is 0 Å². The molecule has 3 rings (SSSR count). The lowest BCUT2D eigenvalue weighted by molar-refractivity contribution is 0.0689. The van der Waals surface area contributed by atoms with E-state index < -0.39 is 21.9 Å². The first-order chi connectivity index (χ1) is 12.7. The second kappa shape index (κ2) is 7.14. The van der Waals surface area contributed by atoms with E-state index in [1.807, 2.05) is 0 Å². The maximum atomic E-state index is 12.4. The van der Waals surface area contributed by atoms with Gasteiger partial charge in [-0.3, -0.25) is 4.79 Å². The molecule has 2 unspecified atom stereocenters. The predicted molar refractivity (Wildman–Crippen MR) is 98.6 cm³/mol. The van der Waals surface area contributed by atoms with E-state index >= 15 is 0 Å². The third-order valence-corrected chi connectivity index (χ3v) is 5.47. The zero-order chi connectivity index (χ0) is 19.8. The summed E-state index contributed by atoms with van der Waals surface area (Å²) in [5.74, 6) is -1.31. The molecule has 0 saturated carbocycles. The summed E-state index contributed by atoms with van der Waals surface area (Å²) in [6, 6.07) is 7.69. The summed E-state index contributed by atoms with van der Waals surface area (Å²) < 4.78 is 23.6. The normalized spacial score (nSPS) is 19.8. The van der Waals surface area contributed by atoms with E-state index in [2.05, 4.69) is 17.6 Å². The molecule has 1 aromatic heterocycles. The first-order valence-corrected chi connectivity index (χ1v) is 9.78. The third-order valence-electron chi connectivity index (χ3n) is 4.62. The SMILES string of the molecule is CC1CNCC1NC(=O)c1ccc(-c2ccn(S(N)(=O)=O)c2C(=O)O)cc1. The average Bonchev–Trinajstić information content (AvgIpc) is 3.21. The molecule has 2 heterocycles. The summed E-state index contributed by atoms with van der Waals surface area (Å²) in [5.41, 5.74) is 0.625. The summed E-state index contributed by atoms with van der Waals surface area (Å²) in [6.07, 6.45) is 1.09. The summed E-state index contributed by atoms with van der Waals surface area (Å²) in [4.78, 5) is 23.9. The van der Waals surface area contributed by atoms with Gasteiger partial charge < -0.3 is 15.7 Å². The number of amides is 1. The maximum Gasteiger partial charge on any atom is 0.354 e.